The molecule has 0 saturated carbocycles. The minimum Gasteiger partial charge on any atom is -0.506 e. The van der Waals surface area contributed by atoms with Crippen LogP contribution in [-0.2, 0) is 9.59 Å². The highest BCUT2D eigenvalue weighted by molar-refractivity contribution is 9.10. The first-order valence-corrected chi connectivity index (χ1v) is 9.00. The Morgan fingerprint density at radius 1 is 1.36 bits per heavy atom. The number of phenolic OH excluding ortho intramolecular Hbond substituents is 1. The van der Waals surface area contributed by atoms with Gasteiger partial charge in [0.25, 0.3) is 11.6 Å². The molecular weight excluding hydrogens is 432 g/mol. The van der Waals surface area contributed by atoms with Crippen LogP contribution in [0.25, 0.3) is 0 Å². The molecule has 1 saturated heterocycles. The molecule has 0 aromatic heterocycles. The van der Waals surface area contributed by atoms with E-state index in [2.05, 4.69) is 31.8 Å². The number of nitro groups is 1. The van der Waals surface area contributed by atoms with E-state index >= 15 is 0 Å². The lowest BCUT2D eigenvalue weighted by Crippen LogP contribution is -2.34. The van der Waals surface area contributed by atoms with Gasteiger partial charge in [0.2, 0.25) is 5.91 Å². The van der Waals surface area contributed by atoms with Gasteiger partial charge in [-0.1, -0.05) is 30.3 Å². The summed E-state index contributed by atoms with van der Waals surface area (Å²) >= 11 is 3.03. The maximum Gasteiger partial charge on any atom is 0.271 e. The summed E-state index contributed by atoms with van der Waals surface area (Å²) in [5.74, 6) is -2.55. The summed E-state index contributed by atoms with van der Waals surface area (Å²) in [4.78, 5) is 34.9. The third-order valence-corrected chi connectivity index (χ3v) is 4.96. The Balaban J connectivity index is 1.76. The van der Waals surface area contributed by atoms with Crippen LogP contribution in [0.3, 0.4) is 0 Å². The number of amides is 2. The molecule has 1 aliphatic rings. The van der Waals surface area contributed by atoms with Gasteiger partial charge in [0, 0.05) is 30.2 Å². The lowest BCUT2D eigenvalue weighted by atomic mass is 9.88. The second-order valence-corrected chi connectivity index (χ2v) is 6.95. The van der Waals surface area contributed by atoms with Gasteiger partial charge in [-0.3, -0.25) is 19.7 Å². The lowest BCUT2D eigenvalue weighted by molar-refractivity contribution is -0.385. The van der Waals surface area contributed by atoms with E-state index in [1.807, 2.05) is 30.3 Å². The van der Waals surface area contributed by atoms with Gasteiger partial charge in [-0.05, 0) is 21.5 Å². The summed E-state index contributed by atoms with van der Waals surface area (Å²) in [5, 5.41) is 27.3. The maximum absolute atomic E-state index is 12.5. The molecule has 1 aliphatic heterocycles. The van der Waals surface area contributed by atoms with Crippen LogP contribution >= 0.6 is 15.9 Å². The third-order valence-electron chi connectivity index (χ3n) is 4.36. The van der Waals surface area contributed by atoms with Gasteiger partial charge in [-0.15, -0.1) is 0 Å². The SMILES string of the molecule is O=C1NCC(c2ccccc2)C1C(=O)NN=Cc1cc([N+](=O)[O-])cc(Br)c1O. The highest BCUT2D eigenvalue weighted by Crippen LogP contribution is 2.32. The van der Waals surface area contributed by atoms with Crippen LogP contribution < -0.4 is 10.7 Å². The minimum absolute atomic E-state index is 0.0388. The van der Waals surface area contributed by atoms with Crippen molar-refractivity contribution in [2.45, 2.75) is 5.92 Å². The van der Waals surface area contributed by atoms with Crippen LogP contribution in [0.5, 0.6) is 5.75 Å². The number of non-ortho nitro benzene ring substituents is 1. The quantitative estimate of drug-likeness (QED) is 0.279. The van der Waals surface area contributed by atoms with Gasteiger partial charge >= 0.3 is 0 Å². The van der Waals surface area contributed by atoms with Crippen LogP contribution in [0.4, 0.5) is 5.69 Å². The van der Waals surface area contributed by atoms with E-state index in [4.69, 9.17) is 0 Å². The van der Waals surface area contributed by atoms with Gasteiger partial charge in [0.05, 0.1) is 15.6 Å². The molecule has 1 heterocycles. The number of nitro benzene ring substituents is 1. The van der Waals surface area contributed by atoms with Crippen molar-refractivity contribution in [1.29, 1.82) is 0 Å². The molecule has 3 rings (SSSR count). The molecule has 2 aromatic carbocycles. The number of aromatic hydroxyl groups is 1. The zero-order valence-electron chi connectivity index (χ0n) is 14.3. The Morgan fingerprint density at radius 2 is 2.07 bits per heavy atom. The Hall–Kier alpha value is -3.27. The topological polar surface area (TPSA) is 134 Å². The first-order chi connectivity index (χ1) is 13.4. The summed E-state index contributed by atoms with van der Waals surface area (Å²) in [6, 6.07) is 11.4. The van der Waals surface area contributed by atoms with Crippen LogP contribution in [0.2, 0.25) is 0 Å². The summed E-state index contributed by atoms with van der Waals surface area (Å²) in [6.07, 6.45) is 1.08. The van der Waals surface area contributed by atoms with E-state index in [-0.39, 0.29) is 27.4 Å². The average molecular weight is 447 g/mol. The first kappa shape index (κ1) is 19.5. The number of hydrogen-bond donors (Lipinski definition) is 3. The zero-order chi connectivity index (χ0) is 20.3. The monoisotopic (exact) mass is 446 g/mol. The van der Waals surface area contributed by atoms with E-state index in [1.165, 1.54) is 0 Å². The summed E-state index contributed by atoms with van der Waals surface area (Å²) in [7, 11) is 0. The standard InChI is InChI=1S/C18H15BrN4O5/c19-14-7-12(23(27)28)6-11(16(14)24)8-21-22-18(26)15-13(9-20-17(15)25)10-4-2-1-3-5-10/h1-8,13,15,24H,9H2,(H,20,25)(H,22,26). The first-order valence-electron chi connectivity index (χ1n) is 8.21. The molecule has 9 nitrogen and oxygen atoms in total. The zero-order valence-corrected chi connectivity index (χ0v) is 15.9. The van der Waals surface area contributed by atoms with Crippen molar-refractivity contribution < 1.29 is 19.6 Å². The molecule has 2 aromatic rings. The van der Waals surface area contributed by atoms with Crippen molar-refractivity contribution in [3.8, 4) is 5.75 Å². The number of halogens is 1. The van der Waals surface area contributed by atoms with E-state index < -0.39 is 22.7 Å². The molecular formula is C18H15BrN4O5. The van der Waals surface area contributed by atoms with Gasteiger partial charge in [0.15, 0.2) is 0 Å². The number of nitrogens with one attached hydrogen (secondary N) is 2. The van der Waals surface area contributed by atoms with Gasteiger partial charge in [0.1, 0.15) is 11.7 Å². The Bertz CT molecular complexity index is 964. The highest BCUT2D eigenvalue weighted by Gasteiger charge is 2.40. The summed E-state index contributed by atoms with van der Waals surface area (Å²) < 4.78 is 0.119. The van der Waals surface area contributed by atoms with Crippen molar-refractivity contribution >= 4 is 39.6 Å². The second-order valence-electron chi connectivity index (χ2n) is 6.10. The van der Waals surface area contributed by atoms with Gasteiger partial charge < -0.3 is 10.4 Å². The predicted molar refractivity (Wildman–Crippen MR) is 104 cm³/mol. The molecule has 0 aliphatic carbocycles. The number of rotatable bonds is 5. The molecule has 0 spiro atoms. The largest absolute Gasteiger partial charge is 0.506 e. The van der Waals surface area contributed by atoms with Crippen molar-refractivity contribution in [3.05, 3.63) is 68.2 Å². The number of hydrogen-bond acceptors (Lipinski definition) is 6. The maximum atomic E-state index is 12.5. The molecule has 0 bridgehead atoms. The van der Waals surface area contributed by atoms with Crippen molar-refractivity contribution in [3.63, 3.8) is 0 Å². The summed E-state index contributed by atoms with van der Waals surface area (Å²) in [5.41, 5.74) is 2.91. The molecule has 2 unspecified atom stereocenters. The lowest BCUT2D eigenvalue weighted by Gasteiger charge is -2.15. The predicted octanol–water partition coefficient (Wildman–Crippen LogP) is 2.04. The molecule has 2 atom stereocenters. The smallest absolute Gasteiger partial charge is 0.271 e. The van der Waals surface area contributed by atoms with Gasteiger partial charge in [-0.25, -0.2) is 5.43 Å². The Labute approximate surface area is 167 Å². The number of carbonyl (C=O) groups excluding carboxylic acids is 2. The summed E-state index contributed by atoms with van der Waals surface area (Å²) in [6.45, 7) is 0.337. The van der Waals surface area contributed by atoms with Crippen LogP contribution in [0.15, 0.2) is 52.0 Å². The van der Waals surface area contributed by atoms with E-state index in [1.54, 1.807) is 0 Å². The van der Waals surface area contributed by atoms with Crippen LogP contribution in [0, 0.1) is 16.0 Å². The van der Waals surface area contributed by atoms with Gasteiger partial charge in [-0.2, -0.15) is 5.10 Å². The average Bonchev–Trinajstić information content (AvgIpc) is 3.07. The van der Waals surface area contributed by atoms with E-state index in [9.17, 15) is 24.8 Å². The Kier molecular flexibility index (Phi) is 5.69. The van der Waals surface area contributed by atoms with E-state index in [0.717, 1.165) is 23.9 Å². The number of hydrazone groups is 1. The fraction of sp³-hybridized carbons (Fsp3) is 0.167. The van der Waals surface area contributed by atoms with Crippen molar-refractivity contribution in [1.82, 2.24) is 10.7 Å². The molecule has 144 valence electrons. The number of nitrogens with zero attached hydrogens (tertiary/aromatic N) is 2. The third kappa shape index (κ3) is 4.01. The van der Waals surface area contributed by atoms with E-state index in [0.29, 0.717) is 6.54 Å². The molecule has 28 heavy (non-hydrogen) atoms. The highest BCUT2D eigenvalue weighted by atomic mass is 79.9. The van der Waals surface area contributed by atoms with Crippen LogP contribution in [-0.4, -0.2) is 34.6 Å². The van der Waals surface area contributed by atoms with Crippen molar-refractivity contribution in [2.75, 3.05) is 6.54 Å². The second kappa shape index (κ2) is 8.17. The van der Waals surface area contributed by atoms with Crippen LogP contribution in [0.1, 0.15) is 17.0 Å². The fourth-order valence-corrected chi connectivity index (χ4v) is 3.44. The number of carbonyl (C=O) groups is 2. The molecule has 2 amide bonds. The number of benzene rings is 2. The molecule has 0 radical (unpaired) electrons. The molecule has 1 fully saturated rings. The van der Waals surface area contributed by atoms with Crippen molar-refractivity contribution in [2.24, 2.45) is 11.0 Å². The molecule has 10 heteroatoms. The minimum atomic E-state index is -0.954. The number of phenols is 1. The fourth-order valence-electron chi connectivity index (χ4n) is 2.98. The Morgan fingerprint density at radius 3 is 2.75 bits per heavy atom. The molecule has 3 N–H and O–H groups in total. The normalized spacial score (nSPS) is 18.8.